The van der Waals surface area contributed by atoms with Crippen LogP contribution in [0.4, 0.5) is 5.69 Å². The average Bonchev–Trinajstić information content (AvgIpc) is 3.14. The summed E-state index contributed by atoms with van der Waals surface area (Å²) in [4.78, 5) is 17.1. The number of rotatable bonds is 7. The number of nitrogens with one attached hydrogen (secondary N) is 2. The summed E-state index contributed by atoms with van der Waals surface area (Å²) in [6.07, 6.45) is 0. The van der Waals surface area contributed by atoms with Gasteiger partial charge in [-0.15, -0.1) is 11.3 Å². The molecule has 28 heavy (non-hydrogen) atoms. The third-order valence-corrected chi connectivity index (χ3v) is 5.36. The van der Waals surface area contributed by atoms with E-state index in [0.29, 0.717) is 11.4 Å². The van der Waals surface area contributed by atoms with Crippen molar-refractivity contribution in [1.82, 2.24) is 10.3 Å². The third-order valence-electron chi connectivity index (χ3n) is 4.58. The molecular formula is C22H25N3O2S. The van der Waals surface area contributed by atoms with Crippen LogP contribution in [-0.4, -0.2) is 24.0 Å². The predicted octanol–water partition coefficient (Wildman–Crippen LogP) is 4.80. The van der Waals surface area contributed by atoms with Crippen LogP contribution in [0.2, 0.25) is 0 Å². The summed E-state index contributed by atoms with van der Waals surface area (Å²) in [5.74, 6) is 0.537. The minimum atomic E-state index is -0.360. The number of thiazole rings is 1. The highest BCUT2D eigenvalue weighted by Gasteiger charge is 2.18. The van der Waals surface area contributed by atoms with Gasteiger partial charge in [-0.2, -0.15) is 0 Å². The number of aromatic nitrogens is 1. The Labute approximate surface area is 169 Å². The topological polar surface area (TPSA) is 63.2 Å². The Balaban J connectivity index is 1.61. The second-order valence-corrected chi connectivity index (χ2v) is 7.74. The highest BCUT2D eigenvalue weighted by atomic mass is 32.1. The van der Waals surface area contributed by atoms with Gasteiger partial charge < -0.3 is 10.1 Å². The molecule has 1 heterocycles. The standard InChI is InChI=1S/C22H25N3O2S/c1-14(17-9-11-18(12-10-17)20-13-28-16(3)24-20)23-15(2)22(26)25-19-7-5-6-8-21(19)27-4/h5-15,23H,1-4H3,(H,25,26)/t14-,15+/m1/s1. The van der Waals surface area contributed by atoms with Crippen LogP contribution in [-0.2, 0) is 4.79 Å². The van der Waals surface area contributed by atoms with Crippen molar-refractivity contribution in [2.24, 2.45) is 0 Å². The first-order chi connectivity index (χ1) is 13.5. The number of anilines is 1. The molecule has 0 aliphatic heterocycles. The van der Waals surface area contributed by atoms with Crippen LogP contribution in [0.3, 0.4) is 0 Å². The molecule has 0 bridgehead atoms. The number of carbonyl (C=O) groups is 1. The van der Waals surface area contributed by atoms with Gasteiger partial charge in [0.25, 0.3) is 0 Å². The first-order valence-electron chi connectivity index (χ1n) is 9.20. The molecule has 2 aromatic carbocycles. The van der Waals surface area contributed by atoms with E-state index in [1.807, 2.05) is 38.1 Å². The van der Waals surface area contributed by atoms with Crippen molar-refractivity contribution in [3.8, 4) is 17.0 Å². The zero-order valence-electron chi connectivity index (χ0n) is 16.5. The van der Waals surface area contributed by atoms with Crippen LogP contribution in [0.5, 0.6) is 5.75 Å². The maximum Gasteiger partial charge on any atom is 0.241 e. The van der Waals surface area contributed by atoms with E-state index in [-0.39, 0.29) is 18.0 Å². The molecule has 0 fully saturated rings. The summed E-state index contributed by atoms with van der Waals surface area (Å²) in [6.45, 7) is 5.91. The smallest absolute Gasteiger partial charge is 0.241 e. The Morgan fingerprint density at radius 1 is 1.11 bits per heavy atom. The molecule has 0 aliphatic rings. The molecule has 0 aliphatic carbocycles. The monoisotopic (exact) mass is 395 g/mol. The summed E-state index contributed by atoms with van der Waals surface area (Å²) in [7, 11) is 1.59. The minimum absolute atomic E-state index is 0.0321. The van der Waals surface area contributed by atoms with Gasteiger partial charge in [0.15, 0.2) is 0 Å². The number of hydrogen-bond acceptors (Lipinski definition) is 5. The number of aryl methyl sites for hydroxylation is 1. The second-order valence-electron chi connectivity index (χ2n) is 6.67. The second kappa shape index (κ2) is 8.99. The van der Waals surface area contributed by atoms with Crippen LogP contribution < -0.4 is 15.4 Å². The lowest BCUT2D eigenvalue weighted by Gasteiger charge is -2.20. The fourth-order valence-corrected chi connectivity index (χ4v) is 3.60. The Bertz CT molecular complexity index is 937. The molecule has 0 saturated carbocycles. The largest absolute Gasteiger partial charge is 0.495 e. The van der Waals surface area contributed by atoms with Gasteiger partial charge in [-0.3, -0.25) is 10.1 Å². The Morgan fingerprint density at radius 3 is 2.46 bits per heavy atom. The number of amides is 1. The SMILES string of the molecule is COc1ccccc1NC(=O)[C@H](C)N[C@H](C)c1ccc(-c2csc(C)n2)cc1. The van der Waals surface area contributed by atoms with E-state index in [9.17, 15) is 4.79 Å². The molecule has 0 spiro atoms. The molecule has 2 atom stereocenters. The molecule has 0 unspecified atom stereocenters. The van der Waals surface area contributed by atoms with Crippen molar-refractivity contribution >= 4 is 22.9 Å². The third kappa shape index (κ3) is 4.77. The number of methoxy groups -OCH3 is 1. The summed E-state index contributed by atoms with van der Waals surface area (Å²) in [5.41, 5.74) is 3.88. The molecule has 146 valence electrons. The van der Waals surface area contributed by atoms with E-state index in [2.05, 4.69) is 52.2 Å². The first-order valence-corrected chi connectivity index (χ1v) is 10.1. The summed E-state index contributed by atoms with van der Waals surface area (Å²) >= 11 is 1.65. The van der Waals surface area contributed by atoms with Crippen molar-refractivity contribution in [1.29, 1.82) is 0 Å². The number of ether oxygens (including phenoxy) is 1. The lowest BCUT2D eigenvalue weighted by atomic mass is 10.0. The van der Waals surface area contributed by atoms with Gasteiger partial charge in [0.05, 0.1) is 29.5 Å². The van der Waals surface area contributed by atoms with Crippen molar-refractivity contribution in [3.05, 3.63) is 64.5 Å². The molecule has 3 rings (SSSR count). The molecule has 3 aromatic rings. The fraction of sp³-hybridized carbons (Fsp3) is 0.273. The zero-order valence-corrected chi connectivity index (χ0v) is 17.3. The molecule has 0 radical (unpaired) electrons. The highest BCUT2D eigenvalue weighted by Crippen LogP contribution is 2.25. The van der Waals surface area contributed by atoms with Gasteiger partial charge in [-0.25, -0.2) is 4.98 Å². The van der Waals surface area contributed by atoms with Crippen LogP contribution in [0.15, 0.2) is 53.9 Å². The highest BCUT2D eigenvalue weighted by molar-refractivity contribution is 7.09. The normalized spacial score (nSPS) is 13.0. The number of nitrogens with zero attached hydrogens (tertiary/aromatic N) is 1. The maximum atomic E-state index is 12.6. The van der Waals surface area contributed by atoms with E-state index < -0.39 is 0 Å². The quantitative estimate of drug-likeness (QED) is 0.603. The molecule has 2 N–H and O–H groups in total. The predicted molar refractivity (Wildman–Crippen MR) is 115 cm³/mol. The summed E-state index contributed by atoms with van der Waals surface area (Å²) in [5, 5.41) is 9.39. The van der Waals surface area contributed by atoms with E-state index in [1.165, 1.54) is 0 Å². The van der Waals surface area contributed by atoms with E-state index >= 15 is 0 Å². The molecule has 1 amide bonds. The molecule has 0 saturated heterocycles. The number of benzene rings is 2. The lowest BCUT2D eigenvalue weighted by Crippen LogP contribution is -2.39. The van der Waals surface area contributed by atoms with Gasteiger partial charge in [0.1, 0.15) is 5.75 Å². The minimum Gasteiger partial charge on any atom is -0.495 e. The number of hydrogen-bond donors (Lipinski definition) is 2. The van der Waals surface area contributed by atoms with E-state index in [4.69, 9.17) is 4.74 Å². The molecule has 5 nitrogen and oxygen atoms in total. The number of carbonyl (C=O) groups excluding carboxylic acids is 1. The Morgan fingerprint density at radius 2 is 1.82 bits per heavy atom. The van der Waals surface area contributed by atoms with Crippen LogP contribution in [0.1, 0.15) is 30.5 Å². The zero-order chi connectivity index (χ0) is 20.1. The van der Waals surface area contributed by atoms with Gasteiger partial charge in [0.2, 0.25) is 5.91 Å². The van der Waals surface area contributed by atoms with Gasteiger partial charge in [-0.05, 0) is 38.5 Å². The Kier molecular flexibility index (Phi) is 6.44. The van der Waals surface area contributed by atoms with Gasteiger partial charge >= 0.3 is 0 Å². The van der Waals surface area contributed by atoms with Crippen molar-refractivity contribution in [3.63, 3.8) is 0 Å². The Hall–Kier alpha value is -2.70. The fourth-order valence-electron chi connectivity index (χ4n) is 2.97. The van der Waals surface area contributed by atoms with E-state index in [1.54, 1.807) is 18.4 Å². The molecule has 1 aromatic heterocycles. The number of para-hydroxylation sites is 2. The first kappa shape index (κ1) is 20.0. The van der Waals surface area contributed by atoms with Gasteiger partial charge in [-0.1, -0.05) is 36.4 Å². The van der Waals surface area contributed by atoms with Crippen molar-refractivity contribution in [2.75, 3.05) is 12.4 Å². The average molecular weight is 396 g/mol. The van der Waals surface area contributed by atoms with Crippen LogP contribution in [0.25, 0.3) is 11.3 Å². The lowest BCUT2D eigenvalue weighted by molar-refractivity contribution is -0.117. The van der Waals surface area contributed by atoms with Crippen LogP contribution in [0, 0.1) is 6.92 Å². The summed E-state index contributed by atoms with van der Waals surface area (Å²) < 4.78 is 5.29. The summed E-state index contributed by atoms with van der Waals surface area (Å²) in [6, 6.07) is 15.3. The van der Waals surface area contributed by atoms with E-state index in [0.717, 1.165) is 21.8 Å². The van der Waals surface area contributed by atoms with Crippen molar-refractivity contribution < 1.29 is 9.53 Å². The van der Waals surface area contributed by atoms with Crippen LogP contribution >= 0.6 is 11.3 Å². The van der Waals surface area contributed by atoms with Gasteiger partial charge in [0, 0.05) is 17.0 Å². The maximum absolute atomic E-state index is 12.6. The molecule has 6 heteroatoms. The molecular weight excluding hydrogens is 370 g/mol. The van der Waals surface area contributed by atoms with Crippen molar-refractivity contribution in [2.45, 2.75) is 32.9 Å².